The predicted molar refractivity (Wildman–Crippen MR) is 74.8 cm³/mol. The van der Waals surface area contributed by atoms with Gasteiger partial charge in [0.1, 0.15) is 10.4 Å². The van der Waals surface area contributed by atoms with E-state index in [9.17, 15) is 0 Å². The molecule has 0 aliphatic heterocycles. The van der Waals surface area contributed by atoms with Gasteiger partial charge in [0.15, 0.2) is 0 Å². The zero-order valence-corrected chi connectivity index (χ0v) is 11.8. The van der Waals surface area contributed by atoms with Crippen molar-refractivity contribution in [1.29, 1.82) is 0 Å². The average molecular weight is 307 g/mol. The monoisotopic (exact) mass is 306 g/mol. The van der Waals surface area contributed by atoms with Crippen molar-refractivity contribution in [2.45, 2.75) is 13.3 Å². The molecule has 0 radical (unpaired) electrons. The van der Waals surface area contributed by atoms with Crippen LogP contribution in [0, 0.1) is 6.92 Å². The summed E-state index contributed by atoms with van der Waals surface area (Å²) in [6, 6.07) is 10.5. The molecule has 0 aliphatic rings. The van der Waals surface area contributed by atoms with E-state index >= 15 is 0 Å². The van der Waals surface area contributed by atoms with Crippen LogP contribution in [0.4, 0.5) is 0 Å². The molecule has 0 bridgehead atoms. The number of halogens is 1. The van der Waals surface area contributed by atoms with E-state index in [2.05, 4.69) is 68.0 Å². The third-order valence-corrected chi connectivity index (χ3v) is 4.25. The van der Waals surface area contributed by atoms with E-state index in [4.69, 9.17) is 0 Å². The first-order chi connectivity index (χ1) is 8.25. The number of hydrogen-bond donors (Lipinski definition) is 0. The normalized spacial score (nSPS) is 11.2. The van der Waals surface area contributed by atoms with Crippen LogP contribution in [0.15, 0.2) is 40.3 Å². The molecule has 0 spiro atoms. The largest absolute Gasteiger partial charge is 0.299 e. The molecule has 0 atom stereocenters. The summed E-state index contributed by atoms with van der Waals surface area (Å²) in [5.41, 5.74) is 2.35. The lowest BCUT2D eigenvalue weighted by Gasteiger charge is -2.03. The van der Waals surface area contributed by atoms with Crippen molar-refractivity contribution < 1.29 is 0 Å². The smallest absolute Gasteiger partial charge is 0.132 e. The molecule has 0 aliphatic carbocycles. The summed E-state index contributed by atoms with van der Waals surface area (Å²) in [7, 11) is 0. The Kier molecular flexibility index (Phi) is 2.76. The molecular formula is C13H11BrN2S. The number of imidazole rings is 1. The minimum absolute atomic E-state index is 0.884. The fourth-order valence-corrected chi connectivity index (χ4v) is 3.25. The highest BCUT2D eigenvalue weighted by molar-refractivity contribution is 9.10. The highest BCUT2D eigenvalue weighted by atomic mass is 79.9. The molecule has 0 aromatic carbocycles. The van der Waals surface area contributed by atoms with Crippen LogP contribution < -0.4 is 0 Å². The van der Waals surface area contributed by atoms with E-state index in [0.717, 1.165) is 22.4 Å². The number of thiophene rings is 1. The van der Waals surface area contributed by atoms with Crippen LogP contribution in [0.5, 0.6) is 0 Å². The van der Waals surface area contributed by atoms with Gasteiger partial charge in [-0.05, 0) is 46.4 Å². The SMILES string of the molecule is Cc1cccc2c(Br)nc(Cc3cccs3)n12. The van der Waals surface area contributed by atoms with Crippen molar-refractivity contribution in [2.24, 2.45) is 0 Å². The minimum atomic E-state index is 0.884. The standard InChI is InChI=1S/C13H11BrN2S/c1-9-4-2-6-11-13(14)15-12(16(9)11)8-10-5-3-7-17-10/h2-7H,8H2,1H3. The molecule has 3 aromatic rings. The first-order valence-electron chi connectivity index (χ1n) is 5.40. The number of pyridine rings is 1. The van der Waals surface area contributed by atoms with Gasteiger partial charge in [-0.25, -0.2) is 4.98 Å². The lowest BCUT2D eigenvalue weighted by atomic mass is 10.3. The molecule has 3 rings (SSSR count). The van der Waals surface area contributed by atoms with Crippen molar-refractivity contribution in [2.75, 3.05) is 0 Å². The molecule has 0 N–H and O–H groups in total. The van der Waals surface area contributed by atoms with Crippen LogP contribution in [-0.4, -0.2) is 9.38 Å². The molecule has 0 saturated heterocycles. The Morgan fingerprint density at radius 2 is 2.18 bits per heavy atom. The van der Waals surface area contributed by atoms with Gasteiger partial charge in [0.25, 0.3) is 0 Å². The van der Waals surface area contributed by atoms with E-state index in [-0.39, 0.29) is 0 Å². The minimum Gasteiger partial charge on any atom is -0.299 e. The van der Waals surface area contributed by atoms with Gasteiger partial charge in [0, 0.05) is 17.0 Å². The van der Waals surface area contributed by atoms with Crippen molar-refractivity contribution in [3.05, 3.63) is 56.7 Å². The second-order valence-electron chi connectivity index (χ2n) is 3.96. The summed E-state index contributed by atoms with van der Waals surface area (Å²) in [5.74, 6) is 1.09. The Balaban J connectivity index is 2.16. The molecule has 17 heavy (non-hydrogen) atoms. The predicted octanol–water partition coefficient (Wildman–Crippen LogP) is 4.06. The molecule has 0 unspecified atom stereocenters. The van der Waals surface area contributed by atoms with Gasteiger partial charge in [0.2, 0.25) is 0 Å². The van der Waals surface area contributed by atoms with Gasteiger partial charge < -0.3 is 0 Å². The maximum Gasteiger partial charge on any atom is 0.132 e. The van der Waals surface area contributed by atoms with E-state index in [1.807, 2.05) is 0 Å². The topological polar surface area (TPSA) is 17.3 Å². The summed E-state index contributed by atoms with van der Waals surface area (Å²) in [4.78, 5) is 5.95. The number of aryl methyl sites for hydroxylation is 1. The lowest BCUT2D eigenvalue weighted by Crippen LogP contribution is -1.98. The van der Waals surface area contributed by atoms with Crippen molar-refractivity contribution >= 4 is 32.8 Å². The van der Waals surface area contributed by atoms with E-state index < -0.39 is 0 Å². The fourth-order valence-electron chi connectivity index (χ4n) is 2.03. The second-order valence-corrected chi connectivity index (χ2v) is 5.75. The summed E-state index contributed by atoms with van der Waals surface area (Å²) >= 11 is 5.30. The van der Waals surface area contributed by atoms with Gasteiger partial charge in [-0.1, -0.05) is 12.1 Å². The maximum absolute atomic E-state index is 4.61. The Bertz CT molecular complexity index is 655. The number of nitrogens with zero attached hydrogens (tertiary/aromatic N) is 2. The van der Waals surface area contributed by atoms with E-state index in [1.165, 1.54) is 10.6 Å². The summed E-state index contributed by atoms with van der Waals surface area (Å²) in [5, 5.41) is 2.10. The maximum atomic E-state index is 4.61. The van der Waals surface area contributed by atoms with Crippen molar-refractivity contribution in [1.82, 2.24) is 9.38 Å². The van der Waals surface area contributed by atoms with E-state index in [0.29, 0.717) is 0 Å². The second kappa shape index (κ2) is 4.27. The van der Waals surface area contributed by atoms with Crippen LogP contribution in [0.3, 0.4) is 0 Å². The van der Waals surface area contributed by atoms with Crippen LogP contribution >= 0.6 is 27.3 Å². The highest BCUT2D eigenvalue weighted by Gasteiger charge is 2.11. The van der Waals surface area contributed by atoms with Crippen LogP contribution in [0.2, 0.25) is 0 Å². The summed E-state index contributed by atoms with van der Waals surface area (Å²) in [6.45, 7) is 2.11. The van der Waals surface area contributed by atoms with Gasteiger partial charge in [-0.15, -0.1) is 11.3 Å². The first kappa shape index (κ1) is 11.0. The average Bonchev–Trinajstić information content (AvgIpc) is 2.90. The van der Waals surface area contributed by atoms with Gasteiger partial charge in [0.05, 0.1) is 5.52 Å². The summed E-state index contributed by atoms with van der Waals surface area (Å²) < 4.78 is 3.14. The van der Waals surface area contributed by atoms with Crippen LogP contribution in [-0.2, 0) is 6.42 Å². The van der Waals surface area contributed by atoms with Crippen LogP contribution in [0.25, 0.3) is 5.52 Å². The van der Waals surface area contributed by atoms with Crippen molar-refractivity contribution in [3.8, 4) is 0 Å². The quantitative estimate of drug-likeness (QED) is 0.698. The Hall–Kier alpha value is -1.13. The molecule has 3 aromatic heterocycles. The Labute approximate surface area is 112 Å². The Morgan fingerprint density at radius 1 is 1.29 bits per heavy atom. The zero-order chi connectivity index (χ0) is 11.8. The highest BCUT2D eigenvalue weighted by Crippen LogP contribution is 2.23. The molecule has 4 heteroatoms. The molecule has 2 nitrogen and oxygen atoms in total. The third kappa shape index (κ3) is 1.91. The third-order valence-electron chi connectivity index (χ3n) is 2.79. The van der Waals surface area contributed by atoms with Gasteiger partial charge in [-0.3, -0.25) is 4.40 Å². The molecule has 0 amide bonds. The first-order valence-corrected chi connectivity index (χ1v) is 7.08. The summed E-state index contributed by atoms with van der Waals surface area (Å²) in [6.07, 6.45) is 0.884. The molecular weight excluding hydrogens is 296 g/mol. The van der Waals surface area contributed by atoms with Gasteiger partial charge >= 0.3 is 0 Å². The molecule has 86 valence electrons. The Morgan fingerprint density at radius 3 is 2.94 bits per heavy atom. The number of rotatable bonds is 2. The van der Waals surface area contributed by atoms with E-state index in [1.54, 1.807) is 11.3 Å². The molecule has 0 fully saturated rings. The lowest BCUT2D eigenvalue weighted by molar-refractivity contribution is 0.940. The molecule has 3 heterocycles. The van der Waals surface area contributed by atoms with Gasteiger partial charge in [-0.2, -0.15) is 0 Å². The van der Waals surface area contributed by atoms with Crippen molar-refractivity contribution in [3.63, 3.8) is 0 Å². The molecule has 0 saturated carbocycles. The number of fused-ring (bicyclic) bond motifs is 1. The van der Waals surface area contributed by atoms with Crippen LogP contribution in [0.1, 0.15) is 16.4 Å². The zero-order valence-electron chi connectivity index (χ0n) is 9.35. The fraction of sp³-hybridized carbons (Fsp3) is 0.154. The number of aromatic nitrogens is 2. The number of hydrogen-bond acceptors (Lipinski definition) is 2.